The molecule has 104 valence electrons. The van der Waals surface area contributed by atoms with Gasteiger partial charge in [0.2, 0.25) is 0 Å². The Morgan fingerprint density at radius 2 is 1.67 bits per heavy atom. The van der Waals surface area contributed by atoms with Crippen molar-refractivity contribution in [3.8, 4) is 0 Å². The molecule has 0 unspecified atom stereocenters. The standard InChI is InChI=1S/C14H27N3O/c15-11-14(9-5-1-2-6-10-14)17-13(18)16-12-7-3-4-8-12/h12H,1-11,15H2,(H2,16,17,18). The van der Waals surface area contributed by atoms with Gasteiger partial charge in [-0.15, -0.1) is 0 Å². The topological polar surface area (TPSA) is 67.1 Å². The van der Waals surface area contributed by atoms with Crippen LogP contribution in [0.3, 0.4) is 0 Å². The van der Waals surface area contributed by atoms with Crippen molar-refractivity contribution in [1.82, 2.24) is 10.6 Å². The first-order valence-corrected chi connectivity index (χ1v) is 7.53. The van der Waals surface area contributed by atoms with Gasteiger partial charge in [0, 0.05) is 12.6 Å². The molecule has 2 rings (SSSR count). The highest BCUT2D eigenvalue weighted by molar-refractivity contribution is 5.75. The fraction of sp³-hybridized carbons (Fsp3) is 0.929. The van der Waals surface area contributed by atoms with Crippen LogP contribution >= 0.6 is 0 Å². The normalized spacial score (nSPS) is 24.5. The van der Waals surface area contributed by atoms with E-state index in [1.54, 1.807) is 0 Å². The van der Waals surface area contributed by atoms with Crippen molar-refractivity contribution < 1.29 is 4.79 Å². The second-order valence-electron chi connectivity index (χ2n) is 5.98. The Balaban J connectivity index is 1.85. The molecular weight excluding hydrogens is 226 g/mol. The number of hydrogen-bond acceptors (Lipinski definition) is 2. The molecule has 2 fully saturated rings. The van der Waals surface area contributed by atoms with E-state index < -0.39 is 0 Å². The average Bonchev–Trinajstić information content (AvgIpc) is 2.74. The molecule has 0 heterocycles. The van der Waals surface area contributed by atoms with Gasteiger partial charge in [0.1, 0.15) is 0 Å². The van der Waals surface area contributed by atoms with E-state index in [1.807, 2.05) is 0 Å². The highest BCUT2D eigenvalue weighted by Crippen LogP contribution is 2.26. The lowest BCUT2D eigenvalue weighted by Gasteiger charge is -2.33. The molecule has 2 amide bonds. The molecule has 2 saturated carbocycles. The minimum atomic E-state index is -0.154. The van der Waals surface area contributed by atoms with Crippen LogP contribution in [0, 0.1) is 0 Å². The van der Waals surface area contributed by atoms with Crippen molar-refractivity contribution in [1.29, 1.82) is 0 Å². The SMILES string of the molecule is NCC1(NC(=O)NC2CCCC2)CCCCCC1. The Hall–Kier alpha value is -0.770. The Morgan fingerprint density at radius 1 is 1.06 bits per heavy atom. The van der Waals surface area contributed by atoms with E-state index in [9.17, 15) is 4.79 Å². The Morgan fingerprint density at radius 3 is 2.22 bits per heavy atom. The van der Waals surface area contributed by atoms with E-state index in [0.717, 1.165) is 25.7 Å². The molecule has 2 aliphatic rings. The summed E-state index contributed by atoms with van der Waals surface area (Å²) in [5.41, 5.74) is 5.77. The maximum atomic E-state index is 12.1. The predicted octanol–water partition coefficient (Wildman–Crippen LogP) is 2.28. The maximum Gasteiger partial charge on any atom is 0.315 e. The van der Waals surface area contributed by atoms with Gasteiger partial charge in [0.05, 0.1) is 5.54 Å². The van der Waals surface area contributed by atoms with E-state index in [4.69, 9.17) is 5.73 Å². The summed E-state index contributed by atoms with van der Waals surface area (Å²) < 4.78 is 0. The highest BCUT2D eigenvalue weighted by atomic mass is 16.2. The van der Waals surface area contributed by atoms with Crippen molar-refractivity contribution in [2.75, 3.05) is 6.54 Å². The average molecular weight is 253 g/mol. The molecular formula is C14H27N3O. The summed E-state index contributed by atoms with van der Waals surface area (Å²) >= 11 is 0. The summed E-state index contributed by atoms with van der Waals surface area (Å²) in [6, 6.07) is 0.375. The Labute approximate surface area is 110 Å². The molecule has 0 radical (unpaired) electrons. The second-order valence-corrected chi connectivity index (χ2v) is 5.98. The number of nitrogens with one attached hydrogen (secondary N) is 2. The van der Waals surface area contributed by atoms with Crippen LogP contribution in [0.4, 0.5) is 4.79 Å². The van der Waals surface area contributed by atoms with E-state index in [1.165, 1.54) is 38.5 Å². The minimum absolute atomic E-state index is 0.00532. The van der Waals surface area contributed by atoms with Gasteiger partial charge >= 0.3 is 6.03 Å². The van der Waals surface area contributed by atoms with Gasteiger partial charge in [-0.2, -0.15) is 0 Å². The van der Waals surface area contributed by atoms with Gasteiger partial charge < -0.3 is 16.4 Å². The zero-order valence-electron chi connectivity index (χ0n) is 11.3. The van der Waals surface area contributed by atoms with Gasteiger partial charge in [0.25, 0.3) is 0 Å². The summed E-state index contributed by atoms with van der Waals surface area (Å²) in [7, 11) is 0. The van der Waals surface area contributed by atoms with E-state index in [-0.39, 0.29) is 11.6 Å². The fourth-order valence-electron chi connectivity index (χ4n) is 3.32. The Kier molecular flexibility index (Phi) is 4.87. The summed E-state index contributed by atoms with van der Waals surface area (Å²) in [4.78, 5) is 12.1. The van der Waals surface area contributed by atoms with Crippen LogP contribution in [0.15, 0.2) is 0 Å². The monoisotopic (exact) mass is 253 g/mol. The lowest BCUT2D eigenvalue weighted by atomic mass is 9.90. The van der Waals surface area contributed by atoms with Crippen LogP contribution in [-0.2, 0) is 0 Å². The van der Waals surface area contributed by atoms with Gasteiger partial charge in [0.15, 0.2) is 0 Å². The number of urea groups is 1. The van der Waals surface area contributed by atoms with Crippen LogP contribution in [0.1, 0.15) is 64.2 Å². The van der Waals surface area contributed by atoms with Crippen molar-refractivity contribution in [3.05, 3.63) is 0 Å². The van der Waals surface area contributed by atoms with E-state index >= 15 is 0 Å². The maximum absolute atomic E-state index is 12.1. The zero-order valence-corrected chi connectivity index (χ0v) is 11.3. The van der Waals surface area contributed by atoms with Crippen LogP contribution in [0.5, 0.6) is 0 Å². The molecule has 4 nitrogen and oxygen atoms in total. The number of carbonyl (C=O) groups excluding carboxylic acids is 1. The van der Waals surface area contributed by atoms with E-state index in [0.29, 0.717) is 12.6 Å². The number of carbonyl (C=O) groups is 1. The molecule has 0 aromatic rings. The Bertz CT molecular complexity index is 266. The highest BCUT2D eigenvalue weighted by Gasteiger charge is 2.31. The van der Waals surface area contributed by atoms with Crippen molar-refractivity contribution in [2.45, 2.75) is 75.8 Å². The molecule has 0 aliphatic heterocycles. The number of amides is 2. The molecule has 0 aromatic heterocycles. The summed E-state index contributed by atoms with van der Waals surface area (Å²) in [5.74, 6) is 0. The van der Waals surface area contributed by atoms with Crippen LogP contribution < -0.4 is 16.4 Å². The molecule has 0 bridgehead atoms. The molecule has 0 saturated heterocycles. The molecule has 0 spiro atoms. The first-order chi connectivity index (χ1) is 8.74. The summed E-state index contributed by atoms with van der Waals surface area (Å²) in [6.07, 6.45) is 11.7. The van der Waals surface area contributed by atoms with Gasteiger partial charge in [-0.1, -0.05) is 38.5 Å². The van der Waals surface area contributed by atoms with Crippen molar-refractivity contribution in [2.24, 2.45) is 5.73 Å². The molecule has 4 N–H and O–H groups in total. The van der Waals surface area contributed by atoms with Gasteiger partial charge in [-0.05, 0) is 25.7 Å². The lowest BCUT2D eigenvalue weighted by Crippen LogP contribution is -2.57. The quantitative estimate of drug-likeness (QED) is 0.675. The minimum Gasteiger partial charge on any atom is -0.335 e. The predicted molar refractivity (Wildman–Crippen MR) is 73.4 cm³/mol. The molecule has 4 heteroatoms. The first-order valence-electron chi connectivity index (χ1n) is 7.53. The molecule has 0 aromatic carbocycles. The lowest BCUT2D eigenvalue weighted by molar-refractivity contribution is 0.215. The van der Waals surface area contributed by atoms with Gasteiger partial charge in [-0.25, -0.2) is 4.79 Å². The summed E-state index contributed by atoms with van der Waals surface area (Å²) in [5, 5.41) is 6.27. The number of hydrogen-bond donors (Lipinski definition) is 3. The van der Waals surface area contributed by atoms with Gasteiger partial charge in [-0.3, -0.25) is 0 Å². The van der Waals surface area contributed by atoms with Crippen LogP contribution in [-0.4, -0.2) is 24.2 Å². The molecule has 18 heavy (non-hydrogen) atoms. The number of nitrogens with two attached hydrogens (primary N) is 1. The number of rotatable bonds is 3. The van der Waals surface area contributed by atoms with Crippen molar-refractivity contribution >= 4 is 6.03 Å². The summed E-state index contributed by atoms with van der Waals surface area (Å²) in [6.45, 7) is 0.561. The largest absolute Gasteiger partial charge is 0.335 e. The molecule has 2 aliphatic carbocycles. The third-order valence-electron chi connectivity index (χ3n) is 4.52. The second kappa shape index (κ2) is 6.41. The molecule has 0 atom stereocenters. The van der Waals surface area contributed by atoms with E-state index in [2.05, 4.69) is 10.6 Å². The fourth-order valence-corrected chi connectivity index (χ4v) is 3.32. The van der Waals surface area contributed by atoms with Crippen LogP contribution in [0.25, 0.3) is 0 Å². The van der Waals surface area contributed by atoms with Crippen molar-refractivity contribution in [3.63, 3.8) is 0 Å². The first kappa shape index (κ1) is 13.7. The third kappa shape index (κ3) is 3.61. The van der Waals surface area contributed by atoms with Crippen LogP contribution in [0.2, 0.25) is 0 Å². The smallest absolute Gasteiger partial charge is 0.315 e. The zero-order chi connectivity index (χ0) is 12.8. The third-order valence-corrected chi connectivity index (χ3v) is 4.52.